The van der Waals surface area contributed by atoms with Gasteiger partial charge in [0.05, 0.1) is 10.7 Å². The normalized spacial score (nSPS) is 13.8. The largest absolute Gasteiger partial charge is 0.389 e. The van der Waals surface area contributed by atoms with E-state index in [9.17, 15) is 13.2 Å². The zero-order valence-electron chi connectivity index (χ0n) is 11.6. The maximum Gasteiger partial charge on any atom is 0.389 e. The van der Waals surface area contributed by atoms with Crippen molar-refractivity contribution in [3.8, 4) is 0 Å². The summed E-state index contributed by atoms with van der Waals surface area (Å²) in [4.78, 5) is 5.54. The Morgan fingerprint density at radius 3 is 2.47 bits per heavy atom. The van der Waals surface area contributed by atoms with Crippen LogP contribution in [0, 0.1) is 13.8 Å². The lowest BCUT2D eigenvalue weighted by Crippen LogP contribution is -2.33. The van der Waals surface area contributed by atoms with Crippen molar-refractivity contribution in [2.24, 2.45) is 0 Å². The Hall–Kier alpha value is -0.620. The topological polar surface area (TPSA) is 24.9 Å². The second-order valence-electron chi connectivity index (χ2n) is 4.76. The van der Waals surface area contributed by atoms with Crippen LogP contribution < -0.4 is 5.32 Å². The van der Waals surface area contributed by atoms with Crippen LogP contribution >= 0.6 is 11.3 Å². The zero-order chi connectivity index (χ0) is 14.5. The van der Waals surface area contributed by atoms with E-state index in [1.165, 1.54) is 0 Å². The van der Waals surface area contributed by atoms with Gasteiger partial charge in [-0.1, -0.05) is 6.92 Å². The summed E-state index contributed by atoms with van der Waals surface area (Å²) in [7, 11) is 0. The quantitative estimate of drug-likeness (QED) is 0.822. The number of nitrogens with zero attached hydrogens (tertiary/aromatic N) is 1. The monoisotopic (exact) mass is 294 g/mol. The van der Waals surface area contributed by atoms with Crippen LogP contribution in [0.4, 0.5) is 13.2 Å². The van der Waals surface area contributed by atoms with Crippen molar-refractivity contribution in [2.75, 3.05) is 6.54 Å². The molecule has 0 aliphatic carbocycles. The average molecular weight is 294 g/mol. The van der Waals surface area contributed by atoms with Crippen LogP contribution in [0.5, 0.6) is 0 Å². The SMILES string of the molecule is CCCNC(CCC(F)(F)F)Cc1nc(C)c(C)s1. The molecule has 1 aromatic rings. The number of aryl methyl sites for hydroxylation is 2. The van der Waals surface area contributed by atoms with E-state index in [-0.39, 0.29) is 12.5 Å². The molecule has 1 N–H and O–H groups in total. The third-order valence-electron chi connectivity index (χ3n) is 2.95. The molecule has 0 saturated heterocycles. The molecule has 0 spiro atoms. The van der Waals surface area contributed by atoms with Crippen molar-refractivity contribution in [3.63, 3.8) is 0 Å². The second kappa shape index (κ2) is 7.24. The molecule has 0 saturated carbocycles. The standard InChI is InChI=1S/C13H21F3N2S/c1-4-7-17-11(5-6-13(14,15)16)8-12-18-9(2)10(3)19-12/h11,17H,4-8H2,1-3H3. The number of nitrogens with one attached hydrogen (secondary N) is 1. The van der Waals surface area contributed by atoms with Gasteiger partial charge in [-0.05, 0) is 33.2 Å². The van der Waals surface area contributed by atoms with Crippen LogP contribution in [0.3, 0.4) is 0 Å². The maximum atomic E-state index is 12.3. The summed E-state index contributed by atoms with van der Waals surface area (Å²) in [5.41, 5.74) is 0.977. The summed E-state index contributed by atoms with van der Waals surface area (Å²) in [6.07, 6.45) is -3.21. The highest BCUT2D eigenvalue weighted by Crippen LogP contribution is 2.24. The molecule has 1 unspecified atom stereocenters. The van der Waals surface area contributed by atoms with E-state index in [0.29, 0.717) is 6.42 Å². The molecular formula is C13H21F3N2S. The Bertz CT molecular complexity index is 368. The molecule has 1 heterocycles. The van der Waals surface area contributed by atoms with Gasteiger partial charge in [0.25, 0.3) is 0 Å². The van der Waals surface area contributed by atoms with E-state index < -0.39 is 12.6 Å². The molecule has 0 bridgehead atoms. The summed E-state index contributed by atoms with van der Waals surface area (Å²) in [5.74, 6) is 0. The van der Waals surface area contributed by atoms with Crippen molar-refractivity contribution in [1.82, 2.24) is 10.3 Å². The van der Waals surface area contributed by atoms with Crippen molar-refractivity contribution < 1.29 is 13.2 Å². The summed E-state index contributed by atoms with van der Waals surface area (Å²) in [6.45, 7) is 6.66. The highest BCUT2D eigenvalue weighted by Gasteiger charge is 2.28. The van der Waals surface area contributed by atoms with Gasteiger partial charge in [-0.2, -0.15) is 13.2 Å². The highest BCUT2D eigenvalue weighted by atomic mass is 32.1. The predicted molar refractivity (Wildman–Crippen MR) is 72.7 cm³/mol. The molecule has 0 fully saturated rings. The molecule has 0 aromatic carbocycles. The molecule has 2 nitrogen and oxygen atoms in total. The van der Waals surface area contributed by atoms with Crippen molar-refractivity contribution in [3.05, 3.63) is 15.6 Å². The van der Waals surface area contributed by atoms with Crippen LogP contribution in [0.2, 0.25) is 0 Å². The minimum absolute atomic E-state index is 0.112. The Morgan fingerprint density at radius 1 is 1.32 bits per heavy atom. The van der Waals surface area contributed by atoms with Crippen LogP contribution in [0.15, 0.2) is 0 Å². The van der Waals surface area contributed by atoms with Gasteiger partial charge < -0.3 is 5.32 Å². The van der Waals surface area contributed by atoms with Gasteiger partial charge in [0, 0.05) is 23.8 Å². The lowest BCUT2D eigenvalue weighted by atomic mass is 10.1. The van der Waals surface area contributed by atoms with Gasteiger partial charge in [0.2, 0.25) is 0 Å². The number of halogens is 3. The minimum Gasteiger partial charge on any atom is -0.314 e. The summed E-state index contributed by atoms with van der Waals surface area (Å²) < 4.78 is 36.9. The molecule has 0 amide bonds. The molecule has 0 aliphatic rings. The molecule has 0 aliphatic heterocycles. The number of rotatable bonds is 7. The van der Waals surface area contributed by atoms with E-state index in [4.69, 9.17) is 0 Å². The summed E-state index contributed by atoms with van der Waals surface area (Å²) in [5, 5.41) is 4.11. The van der Waals surface area contributed by atoms with E-state index in [1.807, 2.05) is 20.8 Å². The van der Waals surface area contributed by atoms with Crippen molar-refractivity contribution in [2.45, 2.75) is 58.7 Å². The highest BCUT2D eigenvalue weighted by molar-refractivity contribution is 7.11. The molecule has 0 radical (unpaired) electrons. The third-order valence-corrected chi connectivity index (χ3v) is 4.05. The average Bonchev–Trinajstić information content (AvgIpc) is 2.61. The fourth-order valence-electron chi connectivity index (χ4n) is 1.80. The number of aromatic nitrogens is 1. The first-order valence-corrected chi connectivity index (χ1v) is 7.36. The second-order valence-corrected chi connectivity index (χ2v) is 6.05. The molecule has 1 rings (SSSR count). The number of hydrogen-bond acceptors (Lipinski definition) is 3. The lowest BCUT2D eigenvalue weighted by Gasteiger charge is -2.18. The van der Waals surface area contributed by atoms with E-state index >= 15 is 0 Å². The van der Waals surface area contributed by atoms with Gasteiger partial charge in [-0.3, -0.25) is 0 Å². The maximum absolute atomic E-state index is 12.3. The van der Waals surface area contributed by atoms with Crippen LogP contribution in [0.25, 0.3) is 0 Å². The van der Waals surface area contributed by atoms with E-state index in [1.54, 1.807) is 11.3 Å². The molecule has 6 heteroatoms. The van der Waals surface area contributed by atoms with Crippen molar-refractivity contribution >= 4 is 11.3 Å². The third kappa shape index (κ3) is 6.38. The van der Waals surface area contributed by atoms with Crippen molar-refractivity contribution in [1.29, 1.82) is 0 Å². The van der Waals surface area contributed by atoms with Gasteiger partial charge in [0.15, 0.2) is 0 Å². The molecule has 1 atom stereocenters. The summed E-state index contributed by atoms with van der Waals surface area (Å²) >= 11 is 1.58. The smallest absolute Gasteiger partial charge is 0.314 e. The van der Waals surface area contributed by atoms with Gasteiger partial charge in [-0.15, -0.1) is 11.3 Å². The first kappa shape index (κ1) is 16.4. The van der Waals surface area contributed by atoms with E-state index in [0.717, 1.165) is 28.5 Å². The van der Waals surface area contributed by atoms with Gasteiger partial charge in [0.1, 0.15) is 0 Å². The number of hydrogen-bond donors (Lipinski definition) is 1. The fraction of sp³-hybridized carbons (Fsp3) is 0.769. The van der Waals surface area contributed by atoms with Crippen LogP contribution in [0.1, 0.15) is 41.8 Å². The molecule has 1 aromatic heterocycles. The molecule has 19 heavy (non-hydrogen) atoms. The zero-order valence-corrected chi connectivity index (χ0v) is 12.4. The molecule has 110 valence electrons. The Balaban J connectivity index is 2.58. The van der Waals surface area contributed by atoms with Gasteiger partial charge >= 0.3 is 6.18 Å². The predicted octanol–water partition coefficient (Wildman–Crippen LogP) is 4.01. The number of thiazole rings is 1. The molecular weight excluding hydrogens is 273 g/mol. The van der Waals surface area contributed by atoms with Gasteiger partial charge in [-0.25, -0.2) is 4.98 Å². The Morgan fingerprint density at radius 2 is 2.00 bits per heavy atom. The fourth-order valence-corrected chi connectivity index (χ4v) is 2.81. The van der Waals surface area contributed by atoms with E-state index in [2.05, 4.69) is 10.3 Å². The van der Waals surface area contributed by atoms with Crippen LogP contribution in [-0.2, 0) is 6.42 Å². The number of alkyl halides is 3. The Labute approximate surface area is 116 Å². The first-order valence-electron chi connectivity index (χ1n) is 6.55. The Kier molecular flexibility index (Phi) is 6.26. The van der Waals surface area contributed by atoms with Crippen LogP contribution in [-0.4, -0.2) is 23.7 Å². The first-order chi connectivity index (χ1) is 8.81. The lowest BCUT2D eigenvalue weighted by molar-refractivity contribution is -0.136. The minimum atomic E-state index is -4.08. The summed E-state index contributed by atoms with van der Waals surface area (Å²) in [6, 6.07) is -0.147.